The van der Waals surface area contributed by atoms with Gasteiger partial charge in [-0.1, -0.05) is 24.3 Å². The highest BCUT2D eigenvalue weighted by Crippen LogP contribution is 2.16. The predicted octanol–water partition coefficient (Wildman–Crippen LogP) is 0.996. The molecule has 0 radical (unpaired) electrons. The molecule has 1 aromatic rings. The molecule has 19 heavy (non-hydrogen) atoms. The van der Waals surface area contributed by atoms with E-state index in [1.165, 1.54) is 11.1 Å². The van der Waals surface area contributed by atoms with Gasteiger partial charge in [-0.05, 0) is 30.4 Å². The van der Waals surface area contributed by atoms with Crippen LogP contribution in [0.2, 0.25) is 0 Å². The maximum absolute atomic E-state index is 12.1. The van der Waals surface area contributed by atoms with Crippen molar-refractivity contribution in [3.8, 4) is 0 Å². The maximum Gasteiger partial charge on any atom is 0.237 e. The van der Waals surface area contributed by atoms with Crippen LogP contribution in [0, 0.1) is 0 Å². The Hall–Kier alpha value is -1.39. The molecule has 1 fully saturated rings. The van der Waals surface area contributed by atoms with Crippen LogP contribution >= 0.6 is 0 Å². The van der Waals surface area contributed by atoms with Crippen molar-refractivity contribution in [2.75, 3.05) is 13.2 Å². The van der Waals surface area contributed by atoms with Crippen LogP contribution in [0.15, 0.2) is 24.3 Å². The molecule has 2 N–H and O–H groups in total. The standard InChI is InChI=1S/C15H20N2O2/c18-15(17-10-13-6-3-7-19-13)14-8-11-4-1-2-5-12(11)9-16-14/h1-2,4-5,13-14,16H,3,6-10H2,(H,17,18). The number of carbonyl (C=O) groups excluding carboxylic acids is 1. The van der Waals surface area contributed by atoms with Crippen LogP contribution in [-0.4, -0.2) is 31.2 Å². The zero-order valence-electron chi connectivity index (χ0n) is 11.0. The lowest BCUT2D eigenvalue weighted by molar-refractivity contribution is -0.123. The quantitative estimate of drug-likeness (QED) is 0.852. The lowest BCUT2D eigenvalue weighted by Gasteiger charge is -2.25. The predicted molar refractivity (Wildman–Crippen MR) is 72.8 cm³/mol. The monoisotopic (exact) mass is 260 g/mol. The first-order chi connectivity index (χ1) is 9.33. The minimum Gasteiger partial charge on any atom is -0.376 e. The Balaban J connectivity index is 1.54. The van der Waals surface area contributed by atoms with Crippen molar-refractivity contribution >= 4 is 5.91 Å². The van der Waals surface area contributed by atoms with E-state index in [-0.39, 0.29) is 18.1 Å². The summed E-state index contributed by atoms with van der Waals surface area (Å²) in [6.45, 7) is 2.24. The van der Waals surface area contributed by atoms with Gasteiger partial charge >= 0.3 is 0 Å². The van der Waals surface area contributed by atoms with Crippen LogP contribution in [0.25, 0.3) is 0 Å². The molecule has 4 heteroatoms. The van der Waals surface area contributed by atoms with E-state index >= 15 is 0 Å². The zero-order chi connectivity index (χ0) is 13.1. The van der Waals surface area contributed by atoms with Crippen molar-refractivity contribution in [1.29, 1.82) is 0 Å². The number of hydrogen-bond acceptors (Lipinski definition) is 3. The third kappa shape index (κ3) is 2.96. The Morgan fingerprint density at radius 1 is 1.37 bits per heavy atom. The Morgan fingerprint density at radius 2 is 2.21 bits per heavy atom. The molecule has 2 heterocycles. The summed E-state index contributed by atoms with van der Waals surface area (Å²) in [7, 11) is 0. The second-order valence-corrected chi connectivity index (χ2v) is 5.29. The minimum atomic E-state index is -0.115. The lowest BCUT2D eigenvalue weighted by Crippen LogP contribution is -2.49. The number of fused-ring (bicyclic) bond motifs is 1. The van der Waals surface area contributed by atoms with Gasteiger partial charge in [0.15, 0.2) is 0 Å². The van der Waals surface area contributed by atoms with E-state index in [0.29, 0.717) is 6.54 Å². The van der Waals surface area contributed by atoms with Crippen molar-refractivity contribution in [2.24, 2.45) is 0 Å². The van der Waals surface area contributed by atoms with Gasteiger partial charge in [-0.25, -0.2) is 0 Å². The molecule has 2 aliphatic rings. The molecule has 0 bridgehead atoms. The normalized spacial score (nSPS) is 25.9. The number of amides is 1. The summed E-state index contributed by atoms with van der Waals surface area (Å²) >= 11 is 0. The van der Waals surface area contributed by atoms with Gasteiger partial charge in [0, 0.05) is 19.7 Å². The number of benzene rings is 1. The molecule has 1 amide bonds. The molecule has 0 aromatic heterocycles. The van der Waals surface area contributed by atoms with Crippen molar-refractivity contribution in [3.63, 3.8) is 0 Å². The minimum absolute atomic E-state index is 0.0880. The molecule has 2 aliphatic heterocycles. The first-order valence-corrected chi connectivity index (χ1v) is 7.02. The van der Waals surface area contributed by atoms with Crippen LogP contribution in [0.1, 0.15) is 24.0 Å². The molecule has 0 aliphatic carbocycles. The topological polar surface area (TPSA) is 50.4 Å². The van der Waals surface area contributed by atoms with Crippen LogP contribution in [0.3, 0.4) is 0 Å². The van der Waals surface area contributed by atoms with Gasteiger partial charge in [-0.2, -0.15) is 0 Å². The largest absolute Gasteiger partial charge is 0.376 e. The van der Waals surface area contributed by atoms with Crippen molar-refractivity contribution in [1.82, 2.24) is 10.6 Å². The molecule has 0 spiro atoms. The number of ether oxygens (including phenoxy) is 1. The second-order valence-electron chi connectivity index (χ2n) is 5.29. The van der Waals surface area contributed by atoms with Gasteiger partial charge in [-0.3, -0.25) is 4.79 Å². The fourth-order valence-corrected chi connectivity index (χ4v) is 2.78. The average Bonchev–Trinajstić information content (AvgIpc) is 2.97. The Kier molecular flexibility index (Phi) is 3.80. The lowest BCUT2D eigenvalue weighted by atomic mass is 9.95. The zero-order valence-corrected chi connectivity index (χ0v) is 11.0. The number of rotatable bonds is 3. The van der Waals surface area contributed by atoms with Crippen molar-refractivity contribution in [3.05, 3.63) is 35.4 Å². The third-order valence-corrected chi connectivity index (χ3v) is 3.93. The van der Waals surface area contributed by atoms with Gasteiger partial charge in [0.1, 0.15) is 0 Å². The highest BCUT2D eigenvalue weighted by molar-refractivity contribution is 5.82. The Morgan fingerprint density at radius 3 is 3.00 bits per heavy atom. The van der Waals surface area contributed by atoms with Gasteiger partial charge in [0.25, 0.3) is 0 Å². The smallest absolute Gasteiger partial charge is 0.237 e. The SMILES string of the molecule is O=C(NCC1CCCO1)C1Cc2ccccc2CN1. The second kappa shape index (κ2) is 5.72. The van der Waals surface area contributed by atoms with Gasteiger partial charge < -0.3 is 15.4 Å². The molecule has 3 rings (SSSR count). The van der Waals surface area contributed by atoms with Gasteiger partial charge in [0.05, 0.1) is 12.1 Å². The van der Waals surface area contributed by atoms with E-state index in [9.17, 15) is 4.79 Å². The summed E-state index contributed by atoms with van der Waals surface area (Å²) in [5, 5.41) is 6.30. The number of carbonyl (C=O) groups is 1. The number of hydrogen-bond donors (Lipinski definition) is 2. The van der Waals surface area contributed by atoms with Crippen LogP contribution in [0.4, 0.5) is 0 Å². The van der Waals surface area contributed by atoms with Crippen molar-refractivity contribution in [2.45, 2.75) is 38.0 Å². The molecular weight excluding hydrogens is 240 g/mol. The van der Waals surface area contributed by atoms with E-state index in [1.54, 1.807) is 0 Å². The molecule has 102 valence electrons. The van der Waals surface area contributed by atoms with E-state index in [0.717, 1.165) is 32.4 Å². The fourth-order valence-electron chi connectivity index (χ4n) is 2.78. The summed E-state index contributed by atoms with van der Waals surface area (Å²) in [5.74, 6) is 0.0880. The Bertz CT molecular complexity index is 455. The van der Waals surface area contributed by atoms with Crippen LogP contribution in [0.5, 0.6) is 0 Å². The first kappa shape index (κ1) is 12.6. The van der Waals surface area contributed by atoms with Crippen molar-refractivity contribution < 1.29 is 9.53 Å². The summed E-state index contributed by atoms with van der Waals surface area (Å²) < 4.78 is 5.51. The maximum atomic E-state index is 12.1. The van der Waals surface area contributed by atoms with E-state index in [2.05, 4.69) is 22.8 Å². The average molecular weight is 260 g/mol. The van der Waals surface area contributed by atoms with Gasteiger partial charge in [-0.15, -0.1) is 0 Å². The van der Waals surface area contributed by atoms with E-state index < -0.39 is 0 Å². The fraction of sp³-hybridized carbons (Fsp3) is 0.533. The molecule has 1 aromatic carbocycles. The summed E-state index contributed by atoms with van der Waals surface area (Å²) in [6.07, 6.45) is 3.14. The molecule has 0 saturated carbocycles. The Labute approximate surface area is 113 Å². The van der Waals surface area contributed by atoms with E-state index in [1.807, 2.05) is 12.1 Å². The van der Waals surface area contributed by atoms with Crippen LogP contribution < -0.4 is 10.6 Å². The number of nitrogens with one attached hydrogen (secondary N) is 2. The molecule has 2 unspecified atom stereocenters. The summed E-state index contributed by atoms with van der Waals surface area (Å²) in [6, 6.07) is 8.18. The summed E-state index contributed by atoms with van der Waals surface area (Å²) in [5.41, 5.74) is 2.57. The third-order valence-electron chi connectivity index (χ3n) is 3.93. The highest BCUT2D eigenvalue weighted by atomic mass is 16.5. The molecule has 2 atom stereocenters. The van der Waals surface area contributed by atoms with E-state index in [4.69, 9.17) is 4.74 Å². The summed E-state index contributed by atoms with van der Waals surface area (Å²) in [4.78, 5) is 12.1. The molecular formula is C15H20N2O2. The van der Waals surface area contributed by atoms with Crippen LogP contribution in [-0.2, 0) is 22.5 Å². The molecule has 4 nitrogen and oxygen atoms in total. The molecule has 1 saturated heterocycles. The highest BCUT2D eigenvalue weighted by Gasteiger charge is 2.24. The van der Waals surface area contributed by atoms with Gasteiger partial charge in [0.2, 0.25) is 5.91 Å². The first-order valence-electron chi connectivity index (χ1n) is 7.02.